The maximum atomic E-state index is 13.5. The van der Waals surface area contributed by atoms with Gasteiger partial charge in [-0.05, 0) is 68.6 Å². The van der Waals surface area contributed by atoms with Crippen LogP contribution in [0.25, 0.3) is 16.9 Å². The van der Waals surface area contributed by atoms with Crippen molar-refractivity contribution < 1.29 is 27.1 Å². The summed E-state index contributed by atoms with van der Waals surface area (Å²) >= 11 is 0. The van der Waals surface area contributed by atoms with Gasteiger partial charge in [-0.2, -0.15) is 18.7 Å². The number of anilines is 1. The molecule has 4 aromatic heterocycles. The topological polar surface area (TPSA) is 124 Å². The summed E-state index contributed by atoms with van der Waals surface area (Å²) in [4.78, 5) is 23.8. The van der Waals surface area contributed by atoms with Gasteiger partial charge in [0.2, 0.25) is 6.43 Å². The summed E-state index contributed by atoms with van der Waals surface area (Å²) in [6, 6.07) is 7.15. The Morgan fingerprint density at radius 3 is 2.72 bits per heavy atom. The summed E-state index contributed by atoms with van der Waals surface area (Å²) in [7, 11) is 4.09. The van der Waals surface area contributed by atoms with E-state index in [1.54, 1.807) is 39.9 Å². The van der Waals surface area contributed by atoms with E-state index < -0.39 is 25.4 Å². The Morgan fingerprint density at radius 1 is 1.13 bits per heavy atom. The first-order chi connectivity index (χ1) is 22.6. The molecule has 1 fully saturated rings. The molecule has 0 aliphatic carbocycles. The zero-order valence-corrected chi connectivity index (χ0v) is 25.7. The van der Waals surface area contributed by atoms with Crippen molar-refractivity contribution in [1.82, 2.24) is 49.2 Å². The molecule has 6 rings (SSSR count). The zero-order chi connectivity index (χ0) is 33.1. The summed E-state index contributed by atoms with van der Waals surface area (Å²) in [6.45, 7) is 0.426. The number of carbonyl (C=O) groups is 1. The second kappa shape index (κ2) is 13.8. The van der Waals surface area contributed by atoms with E-state index in [1.807, 2.05) is 14.1 Å². The van der Waals surface area contributed by atoms with Crippen molar-refractivity contribution in [1.29, 1.82) is 0 Å². The third-order valence-electron chi connectivity index (χ3n) is 7.69. The van der Waals surface area contributed by atoms with Gasteiger partial charge in [-0.15, -0.1) is 10.2 Å². The lowest BCUT2D eigenvalue weighted by Gasteiger charge is -2.38. The predicted octanol–water partition coefficient (Wildman–Crippen LogP) is 3.70. The van der Waals surface area contributed by atoms with E-state index in [0.717, 1.165) is 32.6 Å². The van der Waals surface area contributed by atoms with Gasteiger partial charge in [-0.25, -0.2) is 13.8 Å². The quantitative estimate of drug-likeness (QED) is 0.179. The predicted molar refractivity (Wildman–Crippen MR) is 163 cm³/mol. The summed E-state index contributed by atoms with van der Waals surface area (Å²) in [6.07, 6.45) is 4.20. The summed E-state index contributed by atoms with van der Waals surface area (Å²) < 4.78 is 61.2. The minimum Gasteiger partial charge on any atom is -0.434 e. The molecule has 1 aliphatic rings. The van der Waals surface area contributed by atoms with Crippen molar-refractivity contribution in [3.63, 3.8) is 0 Å². The number of aromatic nitrogens is 8. The van der Waals surface area contributed by atoms with E-state index in [-0.39, 0.29) is 46.4 Å². The third-order valence-corrected chi connectivity index (χ3v) is 7.69. The van der Waals surface area contributed by atoms with Gasteiger partial charge in [-0.1, -0.05) is 6.07 Å². The number of ether oxygens (including phenoxy) is 1. The van der Waals surface area contributed by atoms with Crippen LogP contribution in [0.5, 0.6) is 5.75 Å². The fourth-order valence-electron chi connectivity index (χ4n) is 5.47. The first-order valence-corrected chi connectivity index (χ1v) is 14.9. The minimum absolute atomic E-state index is 0.00203. The monoisotopic (exact) mass is 655 g/mol. The van der Waals surface area contributed by atoms with Crippen LogP contribution in [0.2, 0.25) is 0 Å². The molecule has 1 aliphatic heterocycles. The van der Waals surface area contributed by atoms with E-state index in [2.05, 4.69) is 40.6 Å². The van der Waals surface area contributed by atoms with Gasteiger partial charge in [0, 0.05) is 49.9 Å². The normalized spacial score (nSPS) is 14.1. The Balaban J connectivity index is 1.28. The van der Waals surface area contributed by atoms with Crippen LogP contribution in [0, 0.1) is 0 Å². The molecule has 5 heterocycles. The van der Waals surface area contributed by atoms with Crippen molar-refractivity contribution >= 4 is 17.2 Å². The van der Waals surface area contributed by atoms with Crippen LogP contribution in [0.4, 0.5) is 23.2 Å². The van der Waals surface area contributed by atoms with Crippen molar-refractivity contribution in [2.45, 2.75) is 38.5 Å². The maximum Gasteiger partial charge on any atom is 0.387 e. The Morgan fingerprint density at radius 2 is 1.96 bits per heavy atom. The lowest BCUT2D eigenvalue weighted by atomic mass is 10.0. The molecular weight excluding hydrogens is 622 g/mol. The highest BCUT2D eigenvalue weighted by atomic mass is 19.3. The van der Waals surface area contributed by atoms with Gasteiger partial charge in [0.1, 0.15) is 23.6 Å². The second-order valence-electron chi connectivity index (χ2n) is 11.5. The van der Waals surface area contributed by atoms with Gasteiger partial charge in [0.05, 0.1) is 17.3 Å². The first-order valence-electron chi connectivity index (χ1n) is 14.9. The number of carbonyl (C=O) groups excluding carboxylic acids is 1. The second-order valence-corrected chi connectivity index (χ2v) is 11.5. The van der Waals surface area contributed by atoms with Gasteiger partial charge >= 0.3 is 6.61 Å². The molecule has 5 aromatic rings. The average Bonchev–Trinajstić information content (AvgIpc) is 3.73. The van der Waals surface area contributed by atoms with Crippen LogP contribution in [0.1, 0.15) is 34.2 Å². The third kappa shape index (κ3) is 7.57. The zero-order valence-electron chi connectivity index (χ0n) is 25.7. The average molecular weight is 656 g/mol. The number of amides is 1. The molecule has 1 N–H and O–H groups in total. The lowest BCUT2D eigenvalue weighted by Crippen LogP contribution is -2.49. The SMILES string of the molecule is CN(C)CCCN1CC(n2nnc(Cn3cc(NC(=O)c4ccn5cccnc45)c(-c4cc(CC(F)F)ccc4OC(F)F)n3)n2)C1. The summed E-state index contributed by atoms with van der Waals surface area (Å²) in [5.74, 6) is -0.503. The number of hydrogen-bond acceptors (Lipinski definition) is 9. The number of alkyl halides is 4. The maximum absolute atomic E-state index is 13.5. The van der Waals surface area contributed by atoms with Crippen molar-refractivity contribution in [3.05, 3.63) is 72.1 Å². The Kier molecular flexibility index (Phi) is 9.44. The minimum atomic E-state index is -3.19. The Hall–Kier alpha value is -4.90. The fraction of sp³-hybridized carbons (Fsp3) is 0.400. The van der Waals surface area contributed by atoms with Crippen LogP contribution in [0.15, 0.2) is 55.1 Å². The van der Waals surface area contributed by atoms with E-state index in [9.17, 15) is 22.4 Å². The standard InChI is InChI=1S/C30H33F4N11O2/c1-41(2)9-4-10-42-15-20(16-42)45-38-26(37-40-45)18-44-17-23(36-29(46)21-7-12-43-11-3-8-35-28(21)43)27(39-44)22-13-19(14-25(31)32)5-6-24(22)47-30(33)34/h3,5-8,11-13,17,20,25,30H,4,9-10,14-16,18H2,1-2H3,(H,36,46). The highest BCUT2D eigenvalue weighted by molar-refractivity contribution is 6.09. The van der Waals surface area contributed by atoms with E-state index >= 15 is 0 Å². The number of nitrogens with one attached hydrogen (secondary N) is 1. The molecule has 13 nitrogen and oxygen atoms in total. The molecule has 0 saturated carbocycles. The molecule has 1 saturated heterocycles. The molecule has 0 radical (unpaired) electrons. The van der Waals surface area contributed by atoms with Crippen LogP contribution in [0.3, 0.4) is 0 Å². The smallest absolute Gasteiger partial charge is 0.387 e. The van der Waals surface area contributed by atoms with Gasteiger partial charge in [0.25, 0.3) is 5.91 Å². The van der Waals surface area contributed by atoms with Crippen molar-refractivity contribution in [2.75, 3.05) is 45.6 Å². The molecular formula is C30H33F4N11O2. The highest BCUT2D eigenvalue weighted by Gasteiger charge is 2.30. The molecule has 1 amide bonds. The van der Waals surface area contributed by atoms with Crippen LogP contribution >= 0.6 is 0 Å². The van der Waals surface area contributed by atoms with Crippen molar-refractivity contribution in [3.8, 4) is 17.0 Å². The molecule has 1 aromatic carbocycles. The highest BCUT2D eigenvalue weighted by Crippen LogP contribution is 2.37. The number of benzene rings is 1. The molecule has 47 heavy (non-hydrogen) atoms. The largest absolute Gasteiger partial charge is 0.434 e. The van der Waals surface area contributed by atoms with Crippen LogP contribution in [-0.4, -0.2) is 108 Å². The number of tetrazole rings is 1. The number of hydrogen-bond donors (Lipinski definition) is 1. The fourth-order valence-corrected chi connectivity index (χ4v) is 5.47. The van der Waals surface area contributed by atoms with Crippen molar-refractivity contribution in [2.24, 2.45) is 0 Å². The number of rotatable bonds is 14. The van der Waals surface area contributed by atoms with Crippen LogP contribution < -0.4 is 10.1 Å². The molecule has 17 heteroatoms. The van der Waals surface area contributed by atoms with Gasteiger partial charge < -0.3 is 19.4 Å². The number of nitrogens with zero attached hydrogens (tertiary/aromatic N) is 10. The number of fused-ring (bicyclic) bond motifs is 1. The Bertz CT molecular complexity index is 1830. The van der Waals surface area contributed by atoms with E-state index in [1.165, 1.54) is 29.1 Å². The molecule has 0 unspecified atom stereocenters. The summed E-state index contributed by atoms with van der Waals surface area (Å²) in [5, 5.41) is 20.2. The summed E-state index contributed by atoms with van der Waals surface area (Å²) in [5.41, 5.74) is 0.970. The lowest BCUT2D eigenvalue weighted by molar-refractivity contribution is -0.0494. The molecule has 248 valence electrons. The Labute approximate surface area is 266 Å². The van der Waals surface area contributed by atoms with Gasteiger partial charge in [-0.3, -0.25) is 14.4 Å². The van der Waals surface area contributed by atoms with E-state index in [0.29, 0.717) is 11.5 Å². The van der Waals surface area contributed by atoms with E-state index in [4.69, 9.17) is 4.74 Å². The van der Waals surface area contributed by atoms with Gasteiger partial charge in [0.15, 0.2) is 5.82 Å². The molecule has 0 bridgehead atoms. The molecule has 0 spiro atoms. The first kappa shape index (κ1) is 32.1. The number of halogens is 4. The number of likely N-dealkylation sites (tertiary alicyclic amines) is 1. The van der Waals surface area contributed by atoms with Crippen LogP contribution in [-0.2, 0) is 13.0 Å². The molecule has 0 atom stereocenters.